The van der Waals surface area contributed by atoms with E-state index in [1.165, 1.54) is 5.56 Å². The van der Waals surface area contributed by atoms with E-state index in [0.29, 0.717) is 18.9 Å². The monoisotopic (exact) mass is 609 g/mol. The van der Waals surface area contributed by atoms with Gasteiger partial charge in [0.05, 0.1) is 17.9 Å². The van der Waals surface area contributed by atoms with E-state index in [2.05, 4.69) is 50.4 Å². The molecule has 2 saturated heterocycles. The van der Waals surface area contributed by atoms with Crippen molar-refractivity contribution in [3.63, 3.8) is 0 Å². The van der Waals surface area contributed by atoms with Gasteiger partial charge < -0.3 is 15.1 Å². The Kier molecular flexibility index (Phi) is 10.2. The molecule has 0 bridgehead atoms. The van der Waals surface area contributed by atoms with Gasteiger partial charge in [0.2, 0.25) is 11.8 Å². The molecule has 39 heavy (non-hydrogen) atoms. The Labute approximate surface area is 246 Å². The summed E-state index contributed by atoms with van der Waals surface area (Å²) in [5.41, 5.74) is 3.14. The van der Waals surface area contributed by atoms with Gasteiger partial charge in [0.25, 0.3) is 0 Å². The predicted molar refractivity (Wildman–Crippen MR) is 162 cm³/mol. The van der Waals surface area contributed by atoms with Crippen LogP contribution in [0.4, 0.5) is 0 Å². The lowest BCUT2D eigenvalue weighted by molar-refractivity contribution is -0.139. The van der Waals surface area contributed by atoms with Crippen LogP contribution >= 0.6 is 28.3 Å². The number of carbonyl (C=O) groups excluding carboxylic acids is 2. The van der Waals surface area contributed by atoms with Gasteiger partial charge in [-0.2, -0.15) is 0 Å². The molecule has 2 aliphatic heterocycles. The molecule has 5 rings (SSSR count). The van der Waals surface area contributed by atoms with Crippen LogP contribution in [0.15, 0.2) is 89.4 Å². The molecular formula is C32H37BrClN3O2. The average Bonchev–Trinajstić information content (AvgIpc) is 3.24. The lowest BCUT2D eigenvalue weighted by Gasteiger charge is -2.38. The summed E-state index contributed by atoms with van der Waals surface area (Å²) >= 11 is 3.49. The van der Waals surface area contributed by atoms with Gasteiger partial charge in [-0.15, -0.1) is 12.4 Å². The van der Waals surface area contributed by atoms with Crippen LogP contribution in [0.2, 0.25) is 0 Å². The molecule has 2 heterocycles. The molecule has 1 atom stereocenters. The Bertz CT molecular complexity index is 1220. The highest BCUT2D eigenvalue weighted by atomic mass is 79.9. The van der Waals surface area contributed by atoms with Crippen molar-refractivity contribution in [1.29, 1.82) is 0 Å². The van der Waals surface area contributed by atoms with Crippen molar-refractivity contribution in [2.45, 2.75) is 44.7 Å². The third kappa shape index (κ3) is 7.50. The van der Waals surface area contributed by atoms with E-state index in [1.807, 2.05) is 65.6 Å². The zero-order valence-electron chi connectivity index (χ0n) is 22.2. The largest absolute Gasteiger partial charge is 0.349 e. The number of benzene rings is 3. The van der Waals surface area contributed by atoms with Crippen LogP contribution in [0.5, 0.6) is 0 Å². The van der Waals surface area contributed by atoms with Gasteiger partial charge in [0.1, 0.15) is 0 Å². The summed E-state index contributed by atoms with van der Waals surface area (Å²) in [6, 6.07) is 28.4. The highest BCUT2D eigenvalue weighted by Crippen LogP contribution is 2.42. The van der Waals surface area contributed by atoms with E-state index < -0.39 is 0 Å². The van der Waals surface area contributed by atoms with E-state index in [-0.39, 0.29) is 29.8 Å². The number of hydrogen-bond donors (Lipinski definition) is 1. The lowest BCUT2D eigenvalue weighted by atomic mass is 9.77. The number of likely N-dealkylation sites (tertiary alicyclic amines) is 2. The van der Waals surface area contributed by atoms with Crippen LogP contribution < -0.4 is 5.32 Å². The highest BCUT2D eigenvalue weighted by molar-refractivity contribution is 9.10. The summed E-state index contributed by atoms with van der Waals surface area (Å²) < 4.78 is 1.06. The molecule has 0 saturated carbocycles. The molecular weight excluding hydrogens is 574 g/mol. The van der Waals surface area contributed by atoms with E-state index in [9.17, 15) is 9.59 Å². The summed E-state index contributed by atoms with van der Waals surface area (Å²) in [6.45, 7) is 4.30. The minimum Gasteiger partial charge on any atom is -0.349 e. The highest BCUT2D eigenvalue weighted by Gasteiger charge is 2.47. The number of piperidine rings is 1. The fraction of sp³-hybridized carbons (Fsp3) is 0.375. The quantitative estimate of drug-likeness (QED) is 0.315. The van der Waals surface area contributed by atoms with Crippen molar-refractivity contribution >= 4 is 40.2 Å². The fourth-order valence-corrected chi connectivity index (χ4v) is 6.13. The first kappa shape index (κ1) is 29.3. The number of nitrogens with zero attached hydrogens (tertiary/aromatic N) is 2. The molecule has 1 spiro atoms. The van der Waals surface area contributed by atoms with Crippen LogP contribution in [0.1, 0.15) is 48.4 Å². The van der Waals surface area contributed by atoms with E-state index in [1.54, 1.807) is 0 Å². The fourth-order valence-electron chi connectivity index (χ4n) is 5.87. The third-order valence-electron chi connectivity index (χ3n) is 8.18. The van der Waals surface area contributed by atoms with Crippen molar-refractivity contribution in [2.24, 2.45) is 5.41 Å². The van der Waals surface area contributed by atoms with Crippen LogP contribution in [0, 0.1) is 5.41 Å². The smallest absolute Gasteiger partial charge is 0.229 e. The van der Waals surface area contributed by atoms with E-state index >= 15 is 0 Å². The molecule has 1 unspecified atom stereocenters. The van der Waals surface area contributed by atoms with E-state index in [4.69, 9.17) is 0 Å². The Morgan fingerprint density at radius 2 is 1.46 bits per heavy atom. The molecule has 3 aromatic carbocycles. The van der Waals surface area contributed by atoms with Gasteiger partial charge in [0, 0.05) is 24.1 Å². The zero-order chi connectivity index (χ0) is 26.4. The van der Waals surface area contributed by atoms with Crippen molar-refractivity contribution in [2.75, 3.05) is 26.2 Å². The SMILES string of the molecule is Cl.O=C(Cc1ccccc1)NC(CCN1CCC2(CC1)CCN(Cc1ccc(Br)cc1)C2=O)c1ccccc1. The Balaban J connectivity index is 0.00000353. The number of amides is 2. The van der Waals surface area contributed by atoms with Crippen LogP contribution in [-0.4, -0.2) is 47.8 Å². The number of carbonyl (C=O) groups is 2. The molecule has 2 amide bonds. The molecule has 3 aromatic rings. The zero-order valence-corrected chi connectivity index (χ0v) is 24.6. The predicted octanol–water partition coefficient (Wildman–Crippen LogP) is 6.18. The van der Waals surface area contributed by atoms with Crippen molar-refractivity contribution in [1.82, 2.24) is 15.1 Å². The maximum Gasteiger partial charge on any atom is 0.229 e. The Morgan fingerprint density at radius 1 is 0.846 bits per heavy atom. The van der Waals surface area contributed by atoms with E-state index in [0.717, 1.165) is 67.5 Å². The summed E-state index contributed by atoms with van der Waals surface area (Å²) in [5.74, 6) is 0.375. The van der Waals surface area contributed by atoms with Gasteiger partial charge in [0.15, 0.2) is 0 Å². The minimum absolute atomic E-state index is 0. The molecule has 0 aliphatic carbocycles. The molecule has 5 nitrogen and oxygen atoms in total. The Hall–Kier alpha value is -2.67. The van der Waals surface area contributed by atoms with Crippen molar-refractivity contribution < 1.29 is 9.59 Å². The van der Waals surface area contributed by atoms with Gasteiger partial charge >= 0.3 is 0 Å². The molecule has 7 heteroatoms. The molecule has 2 aliphatic rings. The van der Waals surface area contributed by atoms with Gasteiger partial charge in [-0.1, -0.05) is 88.7 Å². The standard InChI is InChI=1S/C32H36BrN3O2.ClH/c33-28-13-11-26(12-14-28)24-36-22-18-32(31(36)38)16-20-35(21-17-32)19-15-29(27-9-5-2-6-10-27)34-30(37)23-25-7-3-1-4-8-25;/h1-14,29H,15-24H2,(H,34,37);1H. The average molecular weight is 611 g/mol. The first-order valence-corrected chi connectivity index (χ1v) is 14.4. The topological polar surface area (TPSA) is 52.7 Å². The molecule has 0 radical (unpaired) electrons. The summed E-state index contributed by atoms with van der Waals surface area (Å²) in [5, 5.41) is 3.28. The molecule has 2 fully saturated rings. The maximum absolute atomic E-state index is 13.4. The second-order valence-corrected chi connectivity index (χ2v) is 11.6. The lowest BCUT2D eigenvalue weighted by Crippen LogP contribution is -2.45. The van der Waals surface area contributed by atoms with Crippen LogP contribution in [0.3, 0.4) is 0 Å². The van der Waals surface area contributed by atoms with Crippen molar-refractivity contribution in [3.8, 4) is 0 Å². The number of nitrogens with one attached hydrogen (secondary N) is 1. The molecule has 206 valence electrons. The second kappa shape index (κ2) is 13.6. The number of rotatable bonds is 9. The first-order valence-electron chi connectivity index (χ1n) is 13.7. The summed E-state index contributed by atoms with van der Waals surface area (Å²) in [7, 11) is 0. The first-order chi connectivity index (χ1) is 18.5. The third-order valence-corrected chi connectivity index (χ3v) is 8.71. The number of halogens is 2. The van der Waals surface area contributed by atoms with Gasteiger partial charge in [-0.05, 0) is 67.6 Å². The van der Waals surface area contributed by atoms with Crippen molar-refractivity contribution in [3.05, 3.63) is 106 Å². The second-order valence-electron chi connectivity index (χ2n) is 10.7. The minimum atomic E-state index is -0.200. The summed E-state index contributed by atoms with van der Waals surface area (Å²) in [4.78, 5) is 30.8. The van der Waals surface area contributed by atoms with Gasteiger partial charge in [-0.25, -0.2) is 0 Å². The maximum atomic E-state index is 13.4. The van der Waals surface area contributed by atoms with Crippen LogP contribution in [-0.2, 0) is 22.6 Å². The Morgan fingerprint density at radius 3 is 2.13 bits per heavy atom. The number of hydrogen-bond acceptors (Lipinski definition) is 3. The molecule has 1 N–H and O–H groups in total. The summed E-state index contributed by atoms with van der Waals surface area (Å²) in [6.07, 6.45) is 4.02. The normalized spacial score (nSPS) is 17.6. The van der Waals surface area contributed by atoms with Gasteiger partial charge in [-0.3, -0.25) is 9.59 Å². The van der Waals surface area contributed by atoms with Crippen LogP contribution in [0.25, 0.3) is 0 Å². The molecule has 0 aromatic heterocycles.